The van der Waals surface area contributed by atoms with Crippen molar-refractivity contribution < 1.29 is 14.2 Å². The zero-order chi connectivity index (χ0) is 11.1. The average molecular weight is 210 g/mol. The highest BCUT2D eigenvalue weighted by Crippen LogP contribution is 2.14. The third-order valence-corrected chi connectivity index (χ3v) is 1.77. The summed E-state index contributed by atoms with van der Waals surface area (Å²) in [6.45, 7) is 4.91. The van der Waals surface area contributed by atoms with Crippen molar-refractivity contribution in [2.24, 2.45) is 0 Å². The van der Waals surface area contributed by atoms with Gasteiger partial charge in [0.05, 0.1) is 12.7 Å². The highest BCUT2D eigenvalue weighted by atomic mass is 16.7. The molecule has 15 heavy (non-hydrogen) atoms. The Morgan fingerprint density at radius 2 is 1.80 bits per heavy atom. The summed E-state index contributed by atoms with van der Waals surface area (Å²) in [6, 6.07) is 7.89. The fourth-order valence-corrected chi connectivity index (χ4v) is 1.18. The smallest absolute Gasteiger partial charge is 0.146 e. The molecular weight excluding hydrogens is 192 g/mol. The minimum atomic E-state index is 0.209. The molecule has 3 heteroatoms. The number of ether oxygens (including phenoxy) is 3. The zero-order valence-corrected chi connectivity index (χ0v) is 9.53. The van der Waals surface area contributed by atoms with E-state index in [1.54, 1.807) is 7.11 Å². The van der Waals surface area contributed by atoms with Crippen LogP contribution in [0.25, 0.3) is 0 Å². The summed E-state index contributed by atoms with van der Waals surface area (Å²) in [4.78, 5) is 0. The Kier molecular flexibility index (Phi) is 5.15. The van der Waals surface area contributed by atoms with Crippen LogP contribution in [0.4, 0.5) is 0 Å². The second-order valence-electron chi connectivity index (χ2n) is 3.57. The molecule has 0 unspecified atom stereocenters. The summed E-state index contributed by atoms with van der Waals surface area (Å²) >= 11 is 0. The van der Waals surface area contributed by atoms with E-state index < -0.39 is 0 Å². The van der Waals surface area contributed by atoms with Crippen molar-refractivity contribution in [1.82, 2.24) is 0 Å². The first-order valence-corrected chi connectivity index (χ1v) is 5.04. The van der Waals surface area contributed by atoms with Crippen LogP contribution in [0.3, 0.4) is 0 Å². The first-order valence-electron chi connectivity index (χ1n) is 5.04. The molecule has 0 saturated heterocycles. The number of benzene rings is 1. The monoisotopic (exact) mass is 210 g/mol. The van der Waals surface area contributed by atoms with Gasteiger partial charge in [-0.1, -0.05) is 12.1 Å². The minimum absolute atomic E-state index is 0.209. The van der Waals surface area contributed by atoms with Crippen LogP contribution in [0.1, 0.15) is 19.4 Å². The molecule has 0 bridgehead atoms. The molecule has 1 rings (SSSR count). The van der Waals surface area contributed by atoms with E-state index in [0.717, 1.165) is 11.3 Å². The molecule has 0 atom stereocenters. The fourth-order valence-electron chi connectivity index (χ4n) is 1.18. The molecule has 0 N–H and O–H groups in total. The second kappa shape index (κ2) is 6.43. The van der Waals surface area contributed by atoms with Gasteiger partial charge >= 0.3 is 0 Å². The number of methoxy groups -OCH3 is 1. The quantitative estimate of drug-likeness (QED) is 0.533. The lowest BCUT2D eigenvalue weighted by Gasteiger charge is -2.10. The molecule has 3 nitrogen and oxygen atoms in total. The molecule has 0 fully saturated rings. The highest BCUT2D eigenvalue weighted by molar-refractivity contribution is 5.26. The normalized spacial score (nSPS) is 10.7. The van der Waals surface area contributed by atoms with Crippen LogP contribution in [0.5, 0.6) is 5.75 Å². The first-order chi connectivity index (χ1) is 7.22. The Morgan fingerprint density at radius 1 is 1.13 bits per heavy atom. The van der Waals surface area contributed by atoms with E-state index in [-0.39, 0.29) is 6.10 Å². The molecule has 0 spiro atoms. The van der Waals surface area contributed by atoms with Crippen LogP contribution in [0.2, 0.25) is 0 Å². The van der Waals surface area contributed by atoms with Gasteiger partial charge in [0.15, 0.2) is 0 Å². The van der Waals surface area contributed by atoms with Crippen molar-refractivity contribution >= 4 is 0 Å². The Balaban J connectivity index is 2.42. The maximum Gasteiger partial charge on any atom is 0.146 e. The Morgan fingerprint density at radius 3 is 2.33 bits per heavy atom. The predicted molar refractivity (Wildman–Crippen MR) is 58.9 cm³/mol. The van der Waals surface area contributed by atoms with Gasteiger partial charge in [0.25, 0.3) is 0 Å². The van der Waals surface area contributed by atoms with Crippen molar-refractivity contribution in [3.8, 4) is 5.75 Å². The Labute approximate surface area is 91.0 Å². The van der Waals surface area contributed by atoms with E-state index >= 15 is 0 Å². The summed E-state index contributed by atoms with van der Waals surface area (Å²) in [5.41, 5.74) is 1.11. The van der Waals surface area contributed by atoms with E-state index in [4.69, 9.17) is 14.2 Å². The van der Waals surface area contributed by atoms with Crippen LogP contribution in [-0.4, -0.2) is 20.0 Å². The van der Waals surface area contributed by atoms with Gasteiger partial charge in [-0.15, -0.1) is 0 Å². The predicted octanol–water partition coefficient (Wildman–Crippen LogP) is 2.59. The van der Waals surface area contributed by atoms with E-state index in [2.05, 4.69) is 0 Å². The Bertz CT molecular complexity index is 267. The summed E-state index contributed by atoms with van der Waals surface area (Å²) in [5.74, 6) is 0.889. The van der Waals surface area contributed by atoms with Gasteiger partial charge in [-0.25, -0.2) is 0 Å². The topological polar surface area (TPSA) is 27.7 Å². The van der Waals surface area contributed by atoms with Crippen molar-refractivity contribution in [2.45, 2.75) is 26.6 Å². The van der Waals surface area contributed by atoms with Crippen LogP contribution in [0.15, 0.2) is 24.3 Å². The zero-order valence-electron chi connectivity index (χ0n) is 9.53. The third-order valence-electron chi connectivity index (χ3n) is 1.77. The van der Waals surface area contributed by atoms with Gasteiger partial charge in [0.1, 0.15) is 12.5 Å². The van der Waals surface area contributed by atoms with Crippen LogP contribution < -0.4 is 4.74 Å². The van der Waals surface area contributed by atoms with E-state index in [1.807, 2.05) is 38.1 Å². The van der Waals surface area contributed by atoms with E-state index in [1.165, 1.54) is 0 Å². The number of hydrogen-bond acceptors (Lipinski definition) is 3. The summed E-state index contributed by atoms with van der Waals surface area (Å²) in [5, 5.41) is 0. The third kappa shape index (κ3) is 4.81. The molecule has 1 aromatic carbocycles. The molecule has 1 aromatic rings. The largest absolute Gasteiger partial charge is 0.491 e. The maximum absolute atomic E-state index is 5.53. The SMILES string of the molecule is COCOCc1ccc(OC(C)C)cc1. The molecule has 0 heterocycles. The maximum atomic E-state index is 5.53. The van der Waals surface area contributed by atoms with Crippen molar-refractivity contribution in [1.29, 1.82) is 0 Å². The lowest BCUT2D eigenvalue weighted by molar-refractivity contribution is -0.0390. The van der Waals surface area contributed by atoms with Crippen molar-refractivity contribution in [2.75, 3.05) is 13.9 Å². The summed E-state index contributed by atoms with van der Waals surface area (Å²) in [6.07, 6.45) is 0.209. The van der Waals surface area contributed by atoms with Gasteiger partial charge in [-0.3, -0.25) is 0 Å². The minimum Gasteiger partial charge on any atom is -0.491 e. The molecular formula is C12H18O3. The molecule has 0 aliphatic rings. The van der Waals surface area contributed by atoms with Crippen LogP contribution in [0, 0.1) is 0 Å². The van der Waals surface area contributed by atoms with Crippen molar-refractivity contribution in [3.05, 3.63) is 29.8 Å². The fraction of sp³-hybridized carbons (Fsp3) is 0.500. The van der Waals surface area contributed by atoms with Crippen molar-refractivity contribution in [3.63, 3.8) is 0 Å². The standard InChI is InChI=1S/C12H18O3/c1-10(2)15-12-6-4-11(5-7-12)8-14-9-13-3/h4-7,10H,8-9H2,1-3H3. The molecule has 0 saturated carbocycles. The molecule has 0 radical (unpaired) electrons. The molecule has 0 aliphatic carbocycles. The molecule has 0 aliphatic heterocycles. The summed E-state index contributed by atoms with van der Waals surface area (Å²) in [7, 11) is 1.61. The van der Waals surface area contributed by atoms with Gasteiger partial charge in [-0.05, 0) is 31.5 Å². The summed E-state index contributed by atoms with van der Waals surface area (Å²) < 4.78 is 15.5. The number of rotatable bonds is 6. The first kappa shape index (κ1) is 12.0. The highest BCUT2D eigenvalue weighted by Gasteiger charge is 1.98. The van der Waals surface area contributed by atoms with Crippen LogP contribution in [-0.2, 0) is 16.1 Å². The van der Waals surface area contributed by atoms with Gasteiger partial charge in [-0.2, -0.15) is 0 Å². The van der Waals surface area contributed by atoms with E-state index in [0.29, 0.717) is 13.4 Å². The number of hydrogen-bond donors (Lipinski definition) is 0. The van der Waals surface area contributed by atoms with Gasteiger partial charge < -0.3 is 14.2 Å². The van der Waals surface area contributed by atoms with E-state index in [9.17, 15) is 0 Å². The Hall–Kier alpha value is -1.06. The molecule has 84 valence electrons. The average Bonchev–Trinajstić information content (AvgIpc) is 2.20. The lowest BCUT2D eigenvalue weighted by atomic mass is 10.2. The van der Waals surface area contributed by atoms with Gasteiger partial charge in [0.2, 0.25) is 0 Å². The lowest BCUT2D eigenvalue weighted by Crippen LogP contribution is -2.05. The van der Waals surface area contributed by atoms with Crippen LogP contribution >= 0.6 is 0 Å². The van der Waals surface area contributed by atoms with Gasteiger partial charge in [0, 0.05) is 7.11 Å². The molecule has 0 aromatic heterocycles. The molecule has 0 amide bonds. The second-order valence-corrected chi connectivity index (χ2v) is 3.57.